The number of likely N-dealkylation sites (tertiary alicyclic amines) is 1. The van der Waals surface area contributed by atoms with Crippen molar-refractivity contribution in [3.63, 3.8) is 0 Å². The minimum atomic E-state index is 0.0337. The Morgan fingerprint density at radius 3 is 2.70 bits per heavy atom. The van der Waals surface area contributed by atoms with Gasteiger partial charge in [-0.25, -0.2) is 9.97 Å². The van der Waals surface area contributed by atoms with Crippen molar-refractivity contribution in [3.8, 4) is 11.3 Å². The summed E-state index contributed by atoms with van der Waals surface area (Å²) in [7, 11) is 0. The number of aryl methyl sites for hydroxylation is 1. The number of hydrogen-bond acceptors (Lipinski definition) is 7. The van der Waals surface area contributed by atoms with Gasteiger partial charge in [-0.15, -0.1) is 0 Å². The van der Waals surface area contributed by atoms with Gasteiger partial charge in [-0.05, 0) is 44.7 Å². The largest absolute Gasteiger partial charge is 0.356 e. The second-order valence-electron chi connectivity index (χ2n) is 8.05. The monoisotopic (exact) mass is 404 g/mol. The molecule has 0 radical (unpaired) electrons. The van der Waals surface area contributed by atoms with E-state index >= 15 is 0 Å². The van der Waals surface area contributed by atoms with E-state index in [1.165, 1.54) is 0 Å². The molecule has 8 heteroatoms. The third-order valence-corrected chi connectivity index (χ3v) is 5.70. The van der Waals surface area contributed by atoms with Gasteiger partial charge in [0.25, 0.3) is 5.91 Å². The van der Waals surface area contributed by atoms with Gasteiger partial charge in [0, 0.05) is 49.7 Å². The van der Waals surface area contributed by atoms with Crippen LogP contribution in [0.1, 0.15) is 53.3 Å². The molecular weight excluding hydrogens is 380 g/mol. The van der Waals surface area contributed by atoms with Crippen LogP contribution in [-0.4, -0.2) is 50.0 Å². The molecule has 1 amide bonds. The van der Waals surface area contributed by atoms with Gasteiger partial charge in [0.15, 0.2) is 5.76 Å². The molecule has 1 saturated heterocycles. The smallest absolute Gasteiger partial charge is 0.255 e. The first-order valence-electron chi connectivity index (χ1n) is 10.4. The molecule has 1 saturated carbocycles. The summed E-state index contributed by atoms with van der Waals surface area (Å²) < 4.78 is 5.51. The highest BCUT2D eigenvalue weighted by Gasteiger charge is 2.29. The minimum Gasteiger partial charge on any atom is -0.356 e. The third-order valence-electron chi connectivity index (χ3n) is 5.70. The lowest BCUT2D eigenvalue weighted by molar-refractivity contribution is 0.0711. The average Bonchev–Trinajstić information content (AvgIpc) is 3.50. The van der Waals surface area contributed by atoms with Gasteiger partial charge in [-0.3, -0.25) is 9.78 Å². The Kier molecular flexibility index (Phi) is 4.90. The quantitative estimate of drug-likeness (QED) is 0.696. The first-order valence-corrected chi connectivity index (χ1v) is 10.4. The Hall–Kier alpha value is -3.29. The lowest BCUT2D eigenvalue weighted by atomic mass is 9.90. The molecule has 1 aliphatic carbocycles. The molecule has 0 spiro atoms. The van der Waals surface area contributed by atoms with E-state index in [1.54, 1.807) is 18.5 Å². The number of hydrogen-bond donors (Lipinski definition) is 1. The van der Waals surface area contributed by atoms with Gasteiger partial charge < -0.3 is 14.7 Å². The predicted molar refractivity (Wildman–Crippen MR) is 111 cm³/mol. The second kappa shape index (κ2) is 7.85. The molecule has 30 heavy (non-hydrogen) atoms. The van der Waals surface area contributed by atoms with Gasteiger partial charge in [0.2, 0.25) is 5.95 Å². The Balaban J connectivity index is 1.37. The highest BCUT2D eigenvalue weighted by molar-refractivity contribution is 5.93. The molecule has 8 nitrogen and oxygen atoms in total. The maximum absolute atomic E-state index is 12.7. The van der Waals surface area contributed by atoms with E-state index in [-0.39, 0.29) is 11.8 Å². The minimum absolute atomic E-state index is 0.0337. The van der Waals surface area contributed by atoms with Gasteiger partial charge in [0.05, 0.1) is 22.5 Å². The second-order valence-corrected chi connectivity index (χ2v) is 8.05. The Labute approximate surface area is 174 Å². The third kappa shape index (κ3) is 3.90. The molecule has 5 rings (SSSR count). The molecule has 3 aromatic rings. The molecule has 2 aliphatic rings. The molecule has 2 fully saturated rings. The lowest BCUT2D eigenvalue weighted by Crippen LogP contribution is -2.38. The molecule has 3 aromatic heterocycles. The summed E-state index contributed by atoms with van der Waals surface area (Å²) in [5.74, 6) is 1.62. The Morgan fingerprint density at radius 1 is 1.20 bits per heavy atom. The van der Waals surface area contributed by atoms with Gasteiger partial charge in [-0.1, -0.05) is 5.16 Å². The van der Waals surface area contributed by atoms with Crippen LogP contribution in [0.15, 0.2) is 41.3 Å². The van der Waals surface area contributed by atoms with Crippen LogP contribution in [0.4, 0.5) is 5.95 Å². The van der Waals surface area contributed by atoms with Gasteiger partial charge in [-0.2, -0.15) is 0 Å². The number of nitrogens with zero attached hydrogens (tertiary/aromatic N) is 5. The van der Waals surface area contributed by atoms with Crippen LogP contribution in [-0.2, 0) is 0 Å². The van der Waals surface area contributed by atoms with E-state index in [2.05, 4.69) is 20.4 Å². The predicted octanol–water partition coefficient (Wildman–Crippen LogP) is 3.43. The van der Waals surface area contributed by atoms with Gasteiger partial charge >= 0.3 is 0 Å². The maximum Gasteiger partial charge on any atom is 0.255 e. The molecule has 0 aromatic carbocycles. The number of pyridine rings is 1. The number of aromatic nitrogens is 4. The van der Waals surface area contributed by atoms with Crippen LogP contribution >= 0.6 is 0 Å². The van der Waals surface area contributed by atoms with Crippen LogP contribution in [0, 0.1) is 6.92 Å². The molecule has 0 unspecified atom stereocenters. The van der Waals surface area contributed by atoms with Crippen molar-refractivity contribution < 1.29 is 9.32 Å². The number of piperidine rings is 1. The standard InChI is InChI=1S/C22H24N6O2/c1-14-11-19(30-27-14)18-13-24-22(25-17-4-5-17)26-20(18)15-6-9-28(10-7-15)21(29)16-3-2-8-23-12-16/h2-3,8,11-13,15,17H,4-7,9-10H2,1H3,(H,24,25,26). The average molecular weight is 404 g/mol. The first-order chi connectivity index (χ1) is 14.7. The number of rotatable bonds is 5. The number of carbonyl (C=O) groups excluding carboxylic acids is 1. The van der Waals surface area contributed by atoms with Crippen molar-refractivity contribution in [2.75, 3.05) is 18.4 Å². The lowest BCUT2D eigenvalue weighted by Gasteiger charge is -2.32. The molecule has 1 aliphatic heterocycles. The topological polar surface area (TPSA) is 97.0 Å². The zero-order chi connectivity index (χ0) is 20.5. The number of amides is 1. The molecule has 0 atom stereocenters. The summed E-state index contributed by atoms with van der Waals surface area (Å²) in [5, 5.41) is 7.41. The summed E-state index contributed by atoms with van der Waals surface area (Å²) in [6.45, 7) is 3.27. The van der Waals surface area contributed by atoms with Gasteiger partial charge in [0.1, 0.15) is 0 Å². The summed E-state index contributed by atoms with van der Waals surface area (Å²) in [6.07, 6.45) is 9.14. The summed E-state index contributed by atoms with van der Waals surface area (Å²) in [6, 6.07) is 6.00. The van der Waals surface area contributed by atoms with E-state index in [0.717, 1.165) is 42.6 Å². The van der Waals surface area contributed by atoms with Crippen molar-refractivity contribution in [2.45, 2.75) is 44.6 Å². The van der Waals surface area contributed by atoms with Crippen LogP contribution in [0.25, 0.3) is 11.3 Å². The zero-order valence-electron chi connectivity index (χ0n) is 16.9. The summed E-state index contributed by atoms with van der Waals surface area (Å²) in [5.41, 5.74) is 3.31. The molecule has 0 bridgehead atoms. The van der Waals surface area contributed by atoms with Crippen LogP contribution in [0.2, 0.25) is 0 Å². The zero-order valence-corrected chi connectivity index (χ0v) is 16.9. The van der Waals surface area contributed by atoms with Crippen molar-refractivity contribution in [1.29, 1.82) is 0 Å². The highest BCUT2D eigenvalue weighted by atomic mass is 16.5. The number of anilines is 1. The Bertz CT molecular complexity index is 1040. The maximum atomic E-state index is 12.7. The van der Waals surface area contributed by atoms with Crippen molar-refractivity contribution in [2.24, 2.45) is 0 Å². The fourth-order valence-electron chi connectivity index (χ4n) is 3.89. The number of carbonyl (C=O) groups is 1. The molecule has 4 heterocycles. The Morgan fingerprint density at radius 2 is 2.03 bits per heavy atom. The van der Waals surface area contributed by atoms with E-state index < -0.39 is 0 Å². The van der Waals surface area contributed by atoms with E-state index in [0.29, 0.717) is 36.4 Å². The van der Waals surface area contributed by atoms with E-state index in [4.69, 9.17) is 9.51 Å². The van der Waals surface area contributed by atoms with E-state index in [9.17, 15) is 4.79 Å². The van der Waals surface area contributed by atoms with Crippen molar-refractivity contribution in [3.05, 3.63) is 53.7 Å². The first kappa shape index (κ1) is 18.7. The SMILES string of the molecule is Cc1cc(-c2cnc(NC3CC3)nc2C2CCN(C(=O)c3cccnc3)CC2)on1. The normalized spacial score (nSPS) is 17.2. The van der Waals surface area contributed by atoms with Crippen molar-refractivity contribution >= 4 is 11.9 Å². The van der Waals surface area contributed by atoms with E-state index in [1.807, 2.05) is 30.2 Å². The van der Waals surface area contributed by atoms with Crippen LogP contribution < -0.4 is 5.32 Å². The highest BCUT2D eigenvalue weighted by Crippen LogP contribution is 2.35. The molecule has 154 valence electrons. The van der Waals surface area contributed by atoms with Crippen LogP contribution in [0.3, 0.4) is 0 Å². The van der Waals surface area contributed by atoms with Crippen molar-refractivity contribution in [1.82, 2.24) is 25.0 Å². The summed E-state index contributed by atoms with van der Waals surface area (Å²) in [4.78, 5) is 28.1. The van der Waals surface area contributed by atoms with Crippen LogP contribution in [0.5, 0.6) is 0 Å². The number of nitrogens with one attached hydrogen (secondary N) is 1. The fraction of sp³-hybridized carbons (Fsp3) is 0.409. The fourth-order valence-corrected chi connectivity index (χ4v) is 3.89. The molecule has 1 N–H and O–H groups in total. The molecular formula is C22H24N6O2. The summed E-state index contributed by atoms with van der Waals surface area (Å²) >= 11 is 0.